The molecule has 0 bridgehead atoms. The van der Waals surface area contributed by atoms with E-state index in [2.05, 4.69) is 4.98 Å². The van der Waals surface area contributed by atoms with Gasteiger partial charge in [0.1, 0.15) is 5.82 Å². The molecule has 1 aromatic heterocycles. The molecule has 2 aromatic carbocycles. The summed E-state index contributed by atoms with van der Waals surface area (Å²) in [6.45, 7) is 0. The first-order valence-electron chi connectivity index (χ1n) is 6.64. The van der Waals surface area contributed by atoms with Gasteiger partial charge in [-0.25, -0.2) is 13.8 Å². The lowest BCUT2D eigenvalue weighted by molar-refractivity contribution is 0.630. The van der Waals surface area contributed by atoms with Crippen LogP contribution in [0.15, 0.2) is 52.1 Å². The number of benzene rings is 2. The summed E-state index contributed by atoms with van der Waals surface area (Å²) >= 11 is 17.7. The standard InChI is InChI=1S/C16H8Cl3FN2O2/c17-10-5-8(6-11(18)15(10)19)22-14(23)7-13(21-16(22)24)9-3-1-2-4-12(9)20/h1-7H,(H,21,24). The van der Waals surface area contributed by atoms with Crippen molar-refractivity contribution in [1.82, 2.24) is 9.55 Å². The van der Waals surface area contributed by atoms with E-state index in [0.717, 1.165) is 10.6 Å². The maximum Gasteiger partial charge on any atom is 0.333 e. The Balaban J connectivity index is 2.22. The van der Waals surface area contributed by atoms with E-state index in [9.17, 15) is 14.0 Å². The molecule has 1 N–H and O–H groups in total. The second-order valence-corrected chi connectivity index (χ2v) is 6.06. The minimum Gasteiger partial charge on any atom is -0.306 e. The Bertz CT molecular complexity index is 1010. The minimum absolute atomic E-state index is 0.0745. The SMILES string of the molecule is O=c1cc(-c2ccccc2F)[nH]c(=O)n1-c1cc(Cl)c(Cl)c(Cl)c1. The summed E-state index contributed by atoms with van der Waals surface area (Å²) < 4.78 is 14.7. The molecule has 0 fully saturated rings. The van der Waals surface area contributed by atoms with Crippen LogP contribution in [0.5, 0.6) is 0 Å². The highest BCUT2D eigenvalue weighted by Gasteiger charge is 2.13. The molecule has 0 saturated carbocycles. The van der Waals surface area contributed by atoms with Crippen LogP contribution < -0.4 is 11.2 Å². The fourth-order valence-electron chi connectivity index (χ4n) is 2.24. The summed E-state index contributed by atoms with van der Waals surface area (Å²) in [5.74, 6) is -0.553. The Labute approximate surface area is 150 Å². The maximum atomic E-state index is 13.8. The summed E-state index contributed by atoms with van der Waals surface area (Å²) in [7, 11) is 0. The third-order valence-corrected chi connectivity index (χ3v) is 4.52. The van der Waals surface area contributed by atoms with E-state index < -0.39 is 17.1 Å². The van der Waals surface area contributed by atoms with E-state index >= 15 is 0 Å². The average molecular weight is 386 g/mol. The molecule has 0 radical (unpaired) electrons. The van der Waals surface area contributed by atoms with Gasteiger partial charge in [-0.1, -0.05) is 46.9 Å². The number of hydrogen-bond acceptors (Lipinski definition) is 2. The number of aromatic amines is 1. The third-order valence-electron chi connectivity index (χ3n) is 3.32. The second-order valence-electron chi connectivity index (χ2n) is 4.87. The van der Waals surface area contributed by atoms with Crippen LogP contribution in [-0.2, 0) is 0 Å². The van der Waals surface area contributed by atoms with Crippen molar-refractivity contribution < 1.29 is 4.39 Å². The Morgan fingerprint density at radius 2 is 1.58 bits per heavy atom. The van der Waals surface area contributed by atoms with Crippen LogP contribution in [0.4, 0.5) is 4.39 Å². The lowest BCUT2D eigenvalue weighted by Gasteiger charge is -2.09. The van der Waals surface area contributed by atoms with Crippen LogP contribution >= 0.6 is 34.8 Å². The third kappa shape index (κ3) is 2.98. The van der Waals surface area contributed by atoms with Crippen LogP contribution in [-0.4, -0.2) is 9.55 Å². The van der Waals surface area contributed by atoms with Crippen molar-refractivity contribution in [1.29, 1.82) is 0 Å². The maximum absolute atomic E-state index is 13.8. The summed E-state index contributed by atoms with van der Waals surface area (Å²) in [6, 6.07) is 9.61. The summed E-state index contributed by atoms with van der Waals surface area (Å²) in [5.41, 5.74) is -1.07. The van der Waals surface area contributed by atoms with Gasteiger partial charge >= 0.3 is 5.69 Å². The molecule has 24 heavy (non-hydrogen) atoms. The van der Waals surface area contributed by atoms with Gasteiger partial charge in [0.15, 0.2) is 0 Å². The van der Waals surface area contributed by atoms with Crippen LogP contribution in [0.3, 0.4) is 0 Å². The van der Waals surface area contributed by atoms with Gasteiger partial charge in [-0.05, 0) is 24.3 Å². The predicted molar refractivity (Wildman–Crippen MR) is 93.1 cm³/mol. The highest BCUT2D eigenvalue weighted by Crippen LogP contribution is 2.31. The Hall–Kier alpha value is -2.08. The van der Waals surface area contributed by atoms with Crippen molar-refractivity contribution in [3.05, 3.63) is 84.2 Å². The number of nitrogens with zero attached hydrogens (tertiary/aromatic N) is 1. The molecule has 8 heteroatoms. The van der Waals surface area contributed by atoms with Crippen molar-refractivity contribution in [3.8, 4) is 16.9 Å². The zero-order valence-electron chi connectivity index (χ0n) is 11.8. The quantitative estimate of drug-likeness (QED) is 0.669. The van der Waals surface area contributed by atoms with Crippen LogP contribution in [0.25, 0.3) is 16.9 Å². The molecule has 0 aliphatic rings. The normalized spacial score (nSPS) is 10.8. The van der Waals surface area contributed by atoms with Gasteiger partial charge in [-0.3, -0.25) is 4.79 Å². The van der Waals surface area contributed by atoms with Gasteiger partial charge in [0.25, 0.3) is 5.56 Å². The van der Waals surface area contributed by atoms with Gasteiger partial charge < -0.3 is 4.98 Å². The number of aromatic nitrogens is 2. The van der Waals surface area contributed by atoms with Crippen molar-refractivity contribution in [2.45, 2.75) is 0 Å². The fraction of sp³-hybridized carbons (Fsp3) is 0. The van der Waals surface area contributed by atoms with Gasteiger partial charge in [-0.2, -0.15) is 0 Å². The number of H-pyrrole nitrogens is 1. The van der Waals surface area contributed by atoms with E-state index in [4.69, 9.17) is 34.8 Å². The molecular weight excluding hydrogens is 378 g/mol. The van der Waals surface area contributed by atoms with Crippen molar-refractivity contribution >= 4 is 34.8 Å². The van der Waals surface area contributed by atoms with Crippen molar-refractivity contribution in [2.24, 2.45) is 0 Å². The molecule has 3 aromatic rings. The Kier molecular flexibility index (Phi) is 4.49. The van der Waals surface area contributed by atoms with E-state index in [1.54, 1.807) is 6.07 Å². The van der Waals surface area contributed by atoms with Gasteiger partial charge in [0.05, 0.1) is 26.4 Å². The lowest BCUT2D eigenvalue weighted by Crippen LogP contribution is -2.33. The van der Waals surface area contributed by atoms with Crippen LogP contribution in [0.1, 0.15) is 0 Å². The highest BCUT2D eigenvalue weighted by atomic mass is 35.5. The molecule has 4 nitrogen and oxygen atoms in total. The predicted octanol–water partition coefficient (Wildman–Crippen LogP) is 4.29. The zero-order chi connectivity index (χ0) is 17.4. The van der Waals surface area contributed by atoms with E-state index in [1.807, 2.05) is 0 Å². The fourth-order valence-corrected chi connectivity index (χ4v) is 2.82. The monoisotopic (exact) mass is 384 g/mol. The largest absolute Gasteiger partial charge is 0.333 e. The average Bonchev–Trinajstić information content (AvgIpc) is 2.52. The molecule has 0 aliphatic heterocycles. The zero-order valence-corrected chi connectivity index (χ0v) is 14.1. The van der Waals surface area contributed by atoms with Crippen molar-refractivity contribution in [2.75, 3.05) is 0 Å². The van der Waals surface area contributed by atoms with Gasteiger partial charge in [0, 0.05) is 11.6 Å². The van der Waals surface area contributed by atoms with Crippen molar-refractivity contribution in [3.63, 3.8) is 0 Å². The number of halogens is 4. The Morgan fingerprint density at radius 1 is 0.958 bits per heavy atom. The Morgan fingerprint density at radius 3 is 2.17 bits per heavy atom. The summed E-state index contributed by atoms with van der Waals surface area (Å²) in [6.07, 6.45) is 0. The molecule has 0 spiro atoms. The minimum atomic E-state index is -0.754. The number of rotatable bonds is 2. The first-order valence-corrected chi connectivity index (χ1v) is 7.78. The smallest absolute Gasteiger partial charge is 0.306 e. The molecule has 0 unspecified atom stereocenters. The van der Waals surface area contributed by atoms with E-state index in [0.29, 0.717) is 0 Å². The molecule has 122 valence electrons. The summed E-state index contributed by atoms with van der Waals surface area (Å²) in [5, 5.41) is 0.321. The number of nitrogens with one attached hydrogen (secondary N) is 1. The number of hydrogen-bond donors (Lipinski definition) is 1. The first-order chi connectivity index (χ1) is 11.4. The van der Waals surface area contributed by atoms with Crippen LogP contribution in [0, 0.1) is 5.82 Å². The second kappa shape index (κ2) is 6.43. The first kappa shape index (κ1) is 16.8. The molecule has 0 aliphatic carbocycles. The molecule has 0 amide bonds. The summed E-state index contributed by atoms with van der Waals surface area (Å²) in [4.78, 5) is 27.1. The van der Waals surface area contributed by atoms with Gasteiger partial charge in [0.2, 0.25) is 0 Å². The van der Waals surface area contributed by atoms with E-state index in [1.165, 1.54) is 30.3 Å². The molecule has 1 heterocycles. The molecule has 3 rings (SSSR count). The van der Waals surface area contributed by atoms with E-state index in [-0.39, 0.29) is 32.0 Å². The highest BCUT2D eigenvalue weighted by molar-refractivity contribution is 6.48. The molecular formula is C16H8Cl3FN2O2. The topological polar surface area (TPSA) is 54.9 Å². The molecule has 0 saturated heterocycles. The lowest BCUT2D eigenvalue weighted by atomic mass is 10.1. The van der Waals surface area contributed by atoms with Gasteiger partial charge in [-0.15, -0.1) is 0 Å². The molecule has 0 atom stereocenters. The van der Waals surface area contributed by atoms with Crippen LogP contribution in [0.2, 0.25) is 15.1 Å².